The Kier molecular flexibility index (Phi) is 6.90. The third-order valence-electron chi connectivity index (χ3n) is 4.27. The van der Waals surface area contributed by atoms with Crippen molar-refractivity contribution >= 4 is 35.6 Å². The minimum atomic E-state index is 0. The van der Waals surface area contributed by atoms with Gasteiger partial charge in [0.15, 0.2) is 5.96 Å². The summed E-state index contributed by atoms with van der Waals surface area (Å²) in [6, 6.07) is 14.2. The summed E-state index contributed by atoms with van der Waals surface area (Å²) in [7, 11) is 1.67. The van der Waals surface area contributed by atoms with E-state index in [-0.39, 0.29) is 24.0 Å². The van der Waals surface area contributed by atoms with Crippen LogP contribution >= 0.6 is 24.0 Å². The lowest BCUT2D eigenvalue weighted by Crippen LogP contribution is -2.24. The van der Waals surface area contributed by atoms with Crippen molar-refractivity contribution in [2.24, 2.45) is 10.7 Å². The molecule has 0 amide bonds. The van der Waals surface area contributed by atoms with Crippen molar-refractivity contribution in [2.75, 3.05) is 12.4 Å². The Morgan fingerprint density at radius 1 is 1.12 bits per heavy atom. The number of halogens is 1. The zero-order chi connectivity index (χ0) is 16.1. The van der Waals surface area contributed by atoms with Crippen molar-refractivity contribution in [1.82, 2.24) is 0 Å². The number of hydrogen-bond donors (Lipinski definition) is 2. The normalized spacial score (nSPS) is 13.6. The van der Waals surface area contributed by atoms with Gasteiger partial charge < -0.3 is 15.8 Å². The third-order valence-corrected chi connectivity index (χ3v) is 4.27. The Labute approximate surface area is 160 Å². The van der Waals surface area contributed by atoms with Crippen molar-refractivity contribution < 1.29 is 4.74 Å². The van der Waals surface area contributed by atoms with Gasteiger partial charge in [-0.15, -0.1) is 24.0 Å². The van der Waals surface area contributed by atoms with Crippen molar-refractivity contribution in [3.05, 3.63) is 59.2 Å². The Balaban J connectivity index is 0.00000208. The first-order valence-electron chi connectivity index (χ1n) is 8.07. The highest BCUT2D eigenvalue weighted by atomic mass is 127. The van der Waals surface area contributed by atoms with Gasteiger partial charge in [-0.2, -0.15) is 0 Å². The number of guanidine groups is 1. The van der Waals surface area contributed by atoms with Crippen LogP contribution in [0.5, 0.6) is 5.75 Å². The zero-order valence-electron chi connectivity index (χ0n) is 13.9. The number of aryl methyl sites for hydroxylation is 1. The molecule has 0 spiro atoms. The summed E-state index contributed by atoms with van der Waals surface area (Å²) in [4.78, 5) is 4.45. The maximum atomic E-state index is 6.08. The third kappa shape index (κ3) is 4.41. The molecule has 1 aliphatic rings. The van der Waals surface area contributed by atoms with E-state index in [1.165, 1.54) is 24.0 Å². The van der Waals surface area contributed by atoms with Crippen LogP contribution in [0.1, 0.15) is 29.5 Å². The first-order chi connectivity index (χ1) is 11.3. The molecule has 0 saturated heterocycles. The summed E-state index contributed by atoms with van der Waals surface area (Å²) in [6.07, 6.45) is 4.78. The second-order valence-corrected chi connectivity index (χ2v) is 5.79. The summed E-state index contributed by atoms with van der Waals surface area (Å²) in [5.41, 5.74) is 11.0. The standard InChI is InChI=1S/C19H23N3O.HI/c1-23-18-12-5-3-8-15(18)13-21-19(20)22-17-11-6-9-14-7-2-4-10-16(14)17;/h3,5-6,8-9,11-12H,2,4,7,10,13H2,1H3,(H3,20,21,22);1H. The number of fused-ring (bicyclic) bond motifs is 1. The molecule has 0 unspecified atom stereocenters. The highest BCUT2D eigenvalue weighted by Gasteiger charge is 2.13. The monoisotopic (exact) mass is 437 g/mol. The van der Waals surface area contributed by atoms with Gasteiger partial charge in [0, 0.05) is 11.3 Å². The molecule has 24 heavy (non-hydrogen) atoms. The van der Waals surface area contributed by atoms with Crippen molar-refractivity contribution in [2.45, 2.75) is 32.2 Å². The molecule has 0 radical (unpaired) electrons. The quantitative estimate of drug-likeness (QED) is 0.430. The number of aliphatic imine (C=N–C) groups is 1. The number of benzene rings is 2. The first kappa shape index (κ1) is 18.6. The number of nitrogens with one attached hydrogen (secondary N) is 1. The minimum absolute atomic E-state index is 0. The van der Waals surface area contributed by atoms with E-state index in [0.29, 0.717) is 12.5 Å². The van der Waals surface area contributed by atoms with E-state index in [4.69, 9.17) is 10.5 Å². The molecule has 1 aliphatic carbocycles. The molecule has 3 rings (SSSR count). The molecule has 0 heterocycles. The van der Waals surface area contributed by atoms with Gasteiger partial charge in [-0.1, -0.05) is 30.3 Å². The summed E-state index contributed by atoms with van der Waals surface area (Å²) >= 11 is 0. The molecular weight excluding hydrogens is 413 g/mol. The molecular formula is C19H24IN3O. The van der Waals surface area contributed by atoms with Gasteiger partial charge in [0.25, 0.3) is 0 Å². The Hall–Kier alpha value is -1.76. The zero-order valence-corrected chi connectivity index (χ0v) is 16.2. The number of methoxy groups -OCH3 is 1. The molecule has 0 fully saturated rings. The van der Waals surface area contributed by atoms with Crippen molar-refractivity contribution in [3.63, 3.8) is 0 Å². The van der Waals surface area contributed by atoms with Crippen LogP contribution in [0.4, 0.5) is 5.69 Å². The molecule has 0 aliphatic heterocycles. The number of nitrogens with two attached hydrogens (primary N) is 1. The summed E-state index contributed by atoms with van der Waals surface area (Å²) < 4.78 is 5.34. The van der Waals surface area contributed by atoms with Crippen LogP contribution in [0.25, 0.3) is 0 Å². The van der Waals surface area contributed by atoms with Gasteiger partial charge >= 0.3 is 0 Å². The van der Waals surface area contributed by atoms with Crippen LogP contribution in [-0.2, 0) is 19.4 Å². The van der Waals surface area contributed by atoms with E-state index in [9.17, 15) is 0 Å². The van der Waals surface area contributed by atoms with E-state index in [2.05, 4.69) is 28.5 Å². The van der Waals surface area contributed by atoms with E-state index in [0.717, 1.165) is 29.8 Å². The number of para-hydroxylation sites is 1. The lowest BCUT2D eigenvalue weighted by Gasteiger charge is -2.19. The summed E-state index contributed by atoms with van der Waals surface area (Å²) in [6.45, 7) is 0.498. The number of ether oxygens (including phenoxy) is 1. The second-order valence-electron chi connectivity index (χ2n) is 5.79. The number of anilines is 1. The van der Waals surface area contributed by atoms with Crippen LogP contribution in [0, 0.1) is 0 Å². The lowest BCUT2D eigenvalue weighted by atomic mass is 9.90. The van der Waals surface area contributed by atoms with Gasteiger partial charge in [-0.25, -0.2) is 4.99 Å². The fourth-order valence-electron chi connectivity index (χ4n) is 3.08. The average Bonchev–Trinajstić information content (AvgIpc) is 2.60. The largest absolute Gasteiger partial charge is 0.496 e. The Bertz CT molecular complexity index is 716. The molecule has 4 nitrogen and oxygen atoms in total. The molecule has 128 valence electrons. The summed E-state index contributed by atoms with van der Waals surface area (Å²) in [5.74, 6) is 1.27. The highest BCUT2D eigenvalue weighted by Crippen LogP contribution is 2.27. The van der Waals surface area contributed by atoms with E-state index >= 15 is 0 Å². The molecule has 0 atom stereocenters. The maximum absolute atomic E-state index is 6.08. The second kappa shape index (κ2) is 8.92. The fraction of sp³-hybridized carbons (Fsp3) is 0.316. The van der Waals surface area contributed by atoms with Crippen molar-refractivity contribution in [3.8, 4) is 5.75 Å². The summed E-state index contributed by atoms with van der Waals surface area (Å²) in [5, 5.41) is 3.26. The lowest BCUT2D eigenvalue weighted by molar-refractivity contribution is 0.410. The minimum Gasteiger partial charge on any atom is -0.496 e. The van der Waals surface area contributed by atoms with Crippen LogP contribution in [0.3, 0.4) is 0 Å². The van der Waals surface area contributed by atoms with Gasteiger partial charge in [0.2, 0.25) is 0 Å². The van der Waals surface area contributed by atoms with Gasteiger partial charge in [0.1, 0.15) is 5.75 Å². The number of hydrogen-bond acceptors (Lipinski definition) is 2. The molecule has 3 N–H and O–H groups in total. The Morgan fingerprint density at radius 3 is 2.75 bits per heavy atom. The topological polar surface area (TPSA) is 59.6 Å². The first-order valence-corrected chi connectivity index (χ1v) is 8.07. The van der Waals surface area contributed by atoms with Crippen LogP contribution in [-0.4, -0.2) is 13.1 Å². The molecule has 5 heteroatoms. The van der Waals surface area contributed by atoms with E-state index < -0.39 is 0 Å². The SMILES string of the molecule is COc1ccccc1CN=C(N)Nc1cccc2c1CCCC2.I. The molecule has 0 bridgehead atoms. The molecule has 2 aromatic carbocycles. The van der Waals surface area contributed by atoms with E-state index in [1.54, 1.807) is 7.11 Å². The van der Waals surface area contributed by atoms with Gasteiger partial charge in [0.05, 0.1) is 13.7 Å². The van der Waals surface area contributed by atoms with Crippen LogP contribution in [0.2, 0.25) is 0 Å². The number of rotatable bonds is 4. The maximum Gasteiger partial charge on any atom is 0.193 e. The number of nitrogens with zero attached hydrogens (tertiary/aromatic N) is 1. The van der Waals surface area contributed by atoms with Crippen LogP contribution < -0.4 is 15.8 Å². The highest BCUT2D eigenvalue weighted by molar-refractivity contribution is 14.0. The van der Waals surface area contributed by atoms with Crippen molar-refractivity contribution in [1.29, 1.82) is 0 Å². The van der Waals surface area contributed by atoms with E-state index in [1.807, 2.05) is 24.3 Å². The van der Waals surface area contributed by atoms with Crippen LogP contribution in [0.15, 0.2) is 47.5 Å². The molecule has 0 saturated carbocycles. The van der Waals surface area contributed by atoms with Gasteiger partial charge in [-0.3, -0.25) is 0 Å². The molecule has 0 aromatic heterocycles. The van der Waals surface area contributed by atoms with Gasteiger partial charge in [-0.05, 0) is 48.9 Å². The average molecular weight is 437 g/mol. The predicted molar refractivity (Wildman–Crippen MR) is 110 cm³/mol. The Morgan fingerprint density at radius 2 is 1.92 bits per heavy atom. The smallest absolute Gasteiger partial charge is 0.193 e. The fourth-order valence-corrected chi connectivity index (χ4v) is 3.08. The molecule has 2 aromatic rings. The predicted octanol–water partition coefficient (Wildman–Crippen LogP) is 4.12.